The lowest BCUT2D eigenvalue weighted by molar-refractivity contribution is -0.127. The maximum atomic E-state index is 11.9. The summed E-state index contributed by atoms with van der Waals surface area (Å²) >= 11 is 6.19. The molecule has 2 aliphatic heterocycles. The van der Waals surface area contributed by atoms with Gasteiger partial charge in [0.15, 0.2) is 0 Å². The maximum Gasteiger partial charge on any atom is 0.225 e. The molecule has 2 fully saturated rings. The normalized spacial score (nSPS) is 26.6. The van der Waals surface area contributed by atoms with E-state index in [-0.39, 0.29) is 11.9 Å². The third-order valence-electron chi connectivity index (χ3n) is 3.94. The van der Waals surface area contributed by atoms with Crippen LogP contribution in [0.4, 0.5) is 5.69 Å². The van der Waals surface area contributed by atoms with Crippen LogP contribution >= 0.6 is 11.6 Å². The van der Waals surface area contributed by atoms with Gasteiger partial charge in [-0.2, -0.15) is 0 Å². The molecule has 3 rings (SSSR count). The highest BCUT2D eigenvalue weighted by Gasteiger charge is 2.42. The molecular formula is C14H17ClN2O. The van der Waals surface area contributed by atoms with Crippen LogP contribution in [-0.4, -0.2) is 29.4 Å². The lowest BCUT2D eigenvalue weighted by atomic mass is 10.1. The van der Waals surface area contributed by atoms with Crippen LogP contribution in [0.5, 0.6) is 0 Å². The van der Waals surface area contributed by atoms with Gasteiger partial charge in [0, 0.05) is 13.0 Å². The first-order valence-electron chi connectivity index (χ1n) is 6.47. The minimum Gasteiger partial charge on any atom is -0.379 e. The molecule has 0 aromatic heterocycles. The number of amides is 1. The molecule has 1 N–H and O–H groups in total. The molecule has 0 bridgehead atoms. The van der Waals surface area contributed by atoms with Crippen LogP contribution in [-0.2, 0) is 4.79 Å². The van der Waals surface area contributed by atoms with Gasteiger partial charge in [-0.15, -0.1) is 0 Å². The number of carbonyl (C=O) groups is 1. The van der Waals surface area contributed by atoms with Crippen molar-refractivity contribution >= 4 is 23.2 Å². The van der Waals surface area contributed by atoms with E-state index >= 15 is 0 Å². The molecule has 0 aliphatic carbocycles. The molecule has 0 spiro atoms. The van der Waals surface area contributed by atoms with E-state index in [1.165, 1.54) is 5.56 Å². The van der Waals surface area contributed by atoms with Crippen LogP contribution < -0.4 is 5.32 Å². The SMILES string of the molecule is Cc1ccc(Cl)c(NC2CC(=O)N3CCCC23)c1. The first-order chi connectivity index (χ1) is 8.65. The summed E-state index contributed by atoms with van der Waals surface area (Å²) in [5, 5.41) is 4.18. The Morgan fingerprint density at radius 1 is 1.44 bits per heavy atom. The summed E-state index contributed by atoms with van der Waals surface area (Å²) in [6, 6.07) is 6.51. The Labute approximate surface area is 112 Å². The molecule has 4 heteroatoms. The minimum atomic E-state index is 0.208. The van der Waals surface area contributed by atoms with E-state index in [4.69, 9.17) is 11.6 Å². The summed E-state index contributed by atoms with van der Waals surface area (Å²) < 4.78 is 0. The maximum absolute atomic E-state index is 11.9. The van der Waals surface area contributed by atoms with Gasteiger partial charge in [-0.05, 0) is 37.5 Å². The zero-order chi connectivity index (χ0) is 12.7. The van der Waals surface area contributed by atoms with Crippen molar-refractivity contribution < 1.29 is 4.79 Å². The number of nitrogens with one attached hydrogen (secondary N) is 1. The zero-order valence-corrected chi connectivity index (χ0v) is 11.2. The number of halogens is 1. The fourth-order valence-corrected chi connectivity index (χ4v) is 3.23. The number of aryl methyl sites for hydroxylation is 1. The average Bonchev–Trinajstić information content (AvgIpc) is 2.90. The van der Waals surface area contributed by atoms with Crippen molar-refractivity contribution in [2.45, 2.75) is 38.3 Å². The van der Waals surface area contributed by atoms with E-state index in [9.17, 15) is 4.79 Å². The predicted molar refractivity (Wildman–Crippen MR) is 73.0 cm³/mol. The van der Waals surface area contributed by atoms with Gasteiger partial charge in [-0.3, -0.25) is 4.79 Å². The number of benzene rings is 1. The molecule has 18 heavy (non-hydrogen) atoms. The van der Waals surface area contributed by atoms with Crippen LogP contribution in [0.2, 0.25) is 5.02 Å². The van der Waals surface area contributed by atoms with E-state index in [0.717, 1.165) is 30.1 Å². The smallest absolute Gasteiger partial charge is 0.225 e. The number of hydrogen-bond donors (Lipinski definition) is 1. The number of hydrogen-bond acceptors (Lipinski definition) is 2. The highest BCUT2D eigenvalue weighted by Crippen LogP contribution is 2.33. The molecule has 96 valence electrons. The number of anilines is 1. The molecular weight excluding hydrogens is 248 g/mol. The van der Waals surface area contributed by atoms with Crippen LogP contribution in [0.1, 0.15) is 24.8 Å². The van der Waals surface area contributed by atoms with Gasteiger partial charge in [-0.1, -0.05) is 17.7 Å². The first-order valence-corrected chi connectivity index (χ1v) is 6.85. The Hall–Kier alpha value is -1.22. The highest BCUT2D eigenvalue weighted by atomic mass is 35.5. The Morgan fingerprint density at radius 2 is 2.28 bits per heavy atom. The Balaban J connectivity index is 1.80. The van der Waals surface area contributed by atoms with Crippen molar-refractivity contribution in [3.63, 3.8) is 0 Å². The zero-order valence-electron chi connectivity index (χ0n) is 10.4. The largest absolute Gasteiger partial charge is 0.379 e. The van der Waals surface area contributed by atoms with Crippen molar-refractivity contribution in [2.75, 3.05) is 11.9 Å². The second-order valence-electron chi connectivity index (χ2n) is 5.23. The molecule has 2 heterocycles. The molecule has 1 amide bonds. The summed E-state index contributed by atoms with van der Waals surface area (Å²) in [6.45, 7) is 2.96. The number of nitrogens with zero attached hydrogens (tertiary/aromatic N) is 1. The van der Waals surface area contributed by atoms with Crippen molar-refractivity contribution in [1.29, 1.82) is 0 Å². The first kappa shape index (κ1) is 11.8. The number of carbonyl (C=O) groups excluding carboxylic acids is 1. The van der Waals surface area contributed by atoms with Gasteiger partial charge < -0.3 is 10.2 Å². The van der Waals surface area contributed by atoms with Gasteiger partial charge in [0.2, 0.25) is 5.91 Å². The van der Waals surface area contributed by atoms with Crippen LogP contribution in [0.3, 0.4) is 0 Å². The second-order valence-corrected chi connectivity index (χ2v) is 5.64. The third-order valence-corrected chi connectivity index (χ3v) is 4.27. The fourth-order valence-electron chi connectivity index (χ4n) is 3.06. The number of fused-ring (bicyclic) bond motifs is 1. The highest BCUT2D eigenvalue weighted by molar-refractivity contribution is 6.33. The van der Waals surface area contributed by atoms with E-state index in [2.05, 4.69) is 5.32 Å². The summed E-state index contributed by atoms with van der Waals surface area (Å²) in [7, 11) is 0. The molecule has 2 saturated heterocycles. The Kier molecular flexibility index (Phi) is 2.94. The summed E-state index contributed by atoms with van der Waals surface area (Å²) in [5.41, 5.74) is 2.12. The molecule has 1 aromatic rings. The van der Waals surface area contributed by atoms with Crippen molar-refractivity contribution in [1.82, 2.24) is 4.90 Å². The summed E-state index contributed by atoms with van der Waals surface area (Å²) in [5.74, 6) is 0.277. The van der Waals surface area contributed by atoms with E-state index < -0.39 is 0 Å². The monoisotopic (exact) mass is 264 g/mol. The molecule has 0 saturated carbocycles. The molecule has 2 unspecified atom stereocenters. The van der Waals surface area contributed by atoms with Crippen molar-refractivity contribution in [3.8, 4) is 0 Å². The van der Waals surface area contributed by atoms with Crippen LogP contribution in [0.25, 0.3) is 0 Å². The average molecular weight is 265 g/mol. The predicted octanol–water partition coefficient (Wildman–Crippen LogP) is 2.82. The molecule has 1 aromatic carbocycles. The quantitative estimate of drug-likeness (QED) is 0.891. The Morgan fingerprint density at radius 3 is 3.11 bits per heavy atom. The number of rotatable bonds is 2. The lowest BCUT2D eigenvalue weighted by Crippen LogP contribution is -2.34. The van der Waals surface area contributed by atoms with Gasteiger partial charge in [0.05, 0.1) is 22.8 Å². The molecule has 3 nitrogen and oxygen atoms in total. The minimum absolute atomic E-state index is 0.208. The van der Waals surface area contributed by atoms with Crippen molar-refractivity contribution in [2.24, 2.45) is 0 Å². The van der Waals surface area contributed by atoms with Gasteiger partial charge in [0.1, 0.15) is 0 Å². The van der Waals surface area contributed by atoms with Crippen molar-refractivity contribution in [3.05, 3.63) is 28.8 Å². The standard InChI is InChI=1S/C14H17ClN2O/c1-9-4-5-10(15)11(7-9)16-12-8-14(18)17-6-2-3-13(12)17/h4-5,7,12-13,16H,2-3,6,8H2,1H3. The van der Waals surface area contributed by atoms with E-state index in [0.29, 0.717) is 12.5 Å². The molecule has 2 atom stereocenters. The lowest BCUT2D eigenvalue weighted by Gasteiger charge is -2.22. The van der Waals surface area contributed by atoms with E-state index in [1.807, 2.05) is 30.0 Å². The van der Waals surface area contributed by atoms with Crippen LogP contribution in [0.15, 0.2) is 18.2 Å². The van der Waals surface area contributed by atoms with Gasteiger partial charge in [0.25, 0.3) is 0 Å². The van der Waals surface area contributed by atoms with E-state index in [1.54, 1.807) is 0 Å². The molecule has 2 aliphatic rings. The topological polar surface area (TPSA) is 32.3 Å². The van der Waals surface area contributed by atoms with Gasteiger partial charge in [-0.25, -0.2) is 0 Å². The Bertz CT molecular complexity index is 489. The van der Waals surface area contributed by atoms with Crippen LogP contribution in [0, 0.1) is 6.92 Å². The third kappa shape index (κ3) is 1.97. The fraction of sp³-hybridized carbons (Fsp3) is 0.500. The summed E-state index contributed by atoms with van der Waals surface area (Å²) in [6.07, 6.45) is 2.82. The molecule has 0 radical (unpaired) electrons. The van der Waals surface area contributed by atoms with Gasteiger partial charge >= 0.3 is 0 Å². The summed E-state index contributed by atoms with van der Waals surface area (Å²) in [4.78, 5) is 13.9. The second kappa shape index (κ2) is 4.47.